The van der Waals surface area contributed by atoms with Crippen molar-refractivity contribution in [1.82, 2.24) is 0 Å². The van der Waals surface area contributed by atoms with E-state index < -0.39 is 10.0 Å². The number of carbonyl (C=O) groups excluding carboxylic acids is 1. The standard InChI is InChI=1S/C18H27NO3S/c1-2-7-18(20)16-10-6-11-17(14-16)19-23(21,22)13-12-15-8-4-3-5-9-15/h6,10-11,14-15,19H,2-5,7-9,12-13H2,1H3. The second-order valence-electron chi connectivity index (χ2n) is 6.47. The lowest BCUT2D eigenvalue weighted by atomic mass is 9.88. The SMILES string of the molecule is CCCC(=O)c1cccc(NS(=O)(=O)CCC2CCCCC2)c1. The van der Waals surface area contributed by atoms with E-state index in [0.29, 0.717) is 23.6 Å². The number of hydrogen-bond donors (Lipinski definition) is 1. The van der Waals surface area contributed by atoms with Gasteiger partial charge in [-0.05, 0) is 30.9 Å². The normalized spacial score (nSPS) is 16.2. The molecule has 2 rings (SSSR count). The number of Topliss-reactive ketones (excluding diaryl/α,β-unsaturated/α-hetero) is 1. The van der Waals surface area contributed by atoms with Crippen molar-refractivity contribution in [1.29, 1.82) is 0 Å². The molecule has 0 aromatic heterocycles. The van der Waals surface area contributed by atoms with Gasteiger partial charge in [-0.1, -0.05) is 51.2 Å². The van der Waals surface area contributed by atoms with E-state index >= 15 is 0 Å². The van der Waals surface area contributed by atoms with Crippen molar-refractivity contribution in [3.05, 3.63) is 29.8 Å². The highest BCUT2D eigenvalue weighted by molar-refractivity contribution is 7.92. The number of hydrogen-bond acceptors (Lipinski definition) is 3. The maximum Gasteiger partial charge on any atom is 0.232 e. The minimum Gasteiger partial charge on any atom is -0.294 e. The van der Waals surface area contributed by atoms with E-state index in [1.165, 1.54) is 19.3 Å². The molecule has 5 heteroatoms. The Morgan fingerprint density at radius 2 is 1.96 bits per heavy atom. The van der Waals surface area contributed by atoms with Gasteiger partial charge in [-0.3, -0.25) is 9.52 Å². The van der Waals surface area contributed by atoms with Gasteiger partial charge in [-0.25, -0.2) is 8.42 Å². The lowest BCUT2D eigenvalue weighted by Gasteiger charge is -2.21. The van der Waals surface area contributed by atoms with Crippen LogP contribution in [0.1, 0.15) is 68.6 Å². The van der Waals surface area contributed by atoms with Gasteiger partial charge in [0.15, 0.2) is 5.78 Å². The molecule has 0 aliphatic heterocycles. The number of ketones is 1. The summed E-state index contributed by atoms with van der Waals surface area (Å²) in [7, 11) is -3.35. The van der Waals surface area contributed by atoms with Crippen LogP contribution in [0.3, 0.4) is 0 Å². The minimum absolute atomic E-state index is 0.0516. The van der Waals surface area contributed by atoms with E-state index in [1.54, 1.807) is 24.3 Å². The Hall–Kier alpha value is -1.36. The van der Waals surface area contributed by atoms with E-state index in [1.807, 2.05) is 6.92 Å². The second-order valence-corrected chi connectivity index (χ2v) is 8.31. The molecule has 1 fully saturated rings. The molecule has 1 aromatic carbocycles. The number of anilines is 1. The fraction of sp³-hybridized carbons (Fsp3) is 0.611. The second kappa shape index (κ2) is 8.48. The average molecular weight is 337 g/mol. The third kappa shape index (κ3) is 5.98. The van der Waals surface area contributed by atoms with Crippen LogP contribution in [0.25, 0.3) is 0 Å². The van der Waals surface area contributed by atoms with Crippen LogP contribution in [-0.4, -0.2) is 20.0 Å². The van der Waals surface area contributed by atoms with Crippen LogP contribution in [0.4, 0.5) is 5.69 Å². The Morgan fingerprint density at radius 1 is 1.22 bits per heavy atom. The highest BCUT2D eigenvalue weighted by Crippen LogP contribution is 2.26. The summed E-state index contributed by atoms with van der Waals surface area (Å²) in [5, 5.41) is 0. The van der Waals surface area contributed by atoms with E-state index in [4.69, 9.17) is 0 Å². The van der Waals surface area contributed by atoms with Crippen LogP contribution in [0.5, 0.6) is 0 Å². The molecule has 0 radical (unpaired) electrons. The number of carbonyl (C=O) groups is 1. The predicted octanol–water partition coefficient (Wildman–Crippen LogP) is 4.38. The molecule has 128 valence electrons. The van der Waals surface area contributed by atoms with Crippen molar-refractivity contribution in [2.45, 2.75) is 58.3 Å². The number of rotatable bonds is 8. The van der Waals surface area contributed by atoms with Crippen molar-refractivity contribution < 1.29 is 13.2 Å². The van der Waals surface area contributed by atoms with Crippen LogP contribution in [-0.2, 0) is 10.0 Å². The van der Waals surface area contributed by atoms with Crippen molar-refractivity contribution in [2.24, 2.45) is 5.92 Å². The van der Waals surface area contributed by atoms with Gasteiger partial charge in [0, 0.05) is 17.7 Å². The zero-order chi connectivity index (χ0) is 16.7. The largest absolute Gasteiger partial charge is 0.294 e. The molecule has 1 aliphatic carbocycles. The van der Waals surface area contributed by atoms with Crippen LogP contribution >= 0.6 is 0 Å². The molecular weight excluding hydrogens is 310 g/mol. The molecule has 1 aromatic rings. The maximum atomic E-state index is 12.3. The zero-order valence-corrected chi connectivity index (χ0v) is 14.7. The average Bonchev–Trinajstić information content (AvgIpc) is 2.54. The third-order valence-electron chi connectivity index (χ3n) is 4.45. The Bertz CT molecular complexity index is 619. The molecule has 1 N–H and O–H groups in total. The zero-order valence-electron chi connectivity index (χ0n) is 13.9. The fourth-order valence-electron chi connectivity index (χ4n) is 3.16. The molecule has 0 atom stereocenters. The third-order valence-corrected chi connectivity index (χ3v) is 5.77. The van der Waals surface area contributed by atoms with Gasteiger partial charge < -0.3 is 0 Å². The molecule has 0 heterocycles. The quantitative estimate of drug-likeness (QED) is 0.716. The highest BCUT2D eigenvalue weighted by Gasteiger charge is 2.18. The summed E-state index contributed by atoms with van der Waals surface area (Å²) in [5.41, 5.74) is 1.05. The minimum atomic E-state index is -3.35. The van der Waals surface area contributed by atoms with Gasteiger partial charge >= 0.3 is 0 Å². The van der Waals surface area contributed by atoms with Gasteiger partial charge in [0.1, 0.15) is 0 Å². The van der Waals surface area contributed by atoms with E-state index in [2.05, 4.69) is 4.72 Å². The molecule has 23 heavy (non-hydrogen) atoms. The smallest absolute Gasteiger partial charge is 0.232 e. The summed E-state index contributed by atoms with van der Waals surface area (Å²) >= 11 is 0. The monoisotopic (exact) mass is 337 g/mol. The first kappa shape index (κ1) is 18.0. The molecular formula is C18H27NO3S. The molecule has 4 nitrogen and oxygen atoms in total. The molecule has 0 amide bonds. The van der Waals surface area contributed by atoms with Crippen LogP contribution in [0, 0.1) is 5.92 Å². The summed E-state index contributed by atoms with van der Waals surface area (Å²) in [5.74, 6) is 0.749. The Morgan fingerprint density at radius 3 is 2.65 bits per heavy atom. The van der Waals surface area contributed by atoms with Crippen LogP contribution in [0.2, 0.25) is 0 Å². The van der Waals surface area contributed by atoms with Crippen molar-refractivity contribution in [2.75, 3.05) is 10.5 Å². The van der Waals surface area contributed by atoms with Crippen molar-refractivity contribution >= 4 is 21.5 Å². The first-order valence-corrected chi connectivity index (χ1v) is 10.3. The van der Waals surface area contributed by atoms with Crippen molar-refractivity contribution in [3.8, 4) is 0 Å². The van der Waals surface area contributed by atoms with Gasteiger partial charge in [-0.15, -0.1) is 0 Å². The van der Waals surface area contributed by atoms with Gasteiger partial charge in [0.25, 0.3) is 0 Å². The summed E-state index contributed by atoms with van der Waals surface area (Å²) in [6.07, 6.45) is 8.02. The fourth-order valence-corrected chi connectivity index (χ4v) is 4.39. The lowest BCUT2D eigenvalue weighted by molar-refractivity contribution is 0.0982. The number of sulfonamides is 1. The summed E-state index contributed by atoms with van der Waals surface area (Å²) in [6.45, 7) is 1.95. The van der Waals surface area contributed by atoms with Gasteiger partial charge in [0.05, 0.1) is 5.75 Å². The Balaban J connectivity index is 1.94. The first-order valence-electron chi connectivity index (χ1n) is 8.64. The van der Waals surface area contributed by atoms with Crippen LogP contribution < -0.4 is 4.72 Å². The number of benzene rings is 1. The molecule has 1 aliphatic rings. The van der Waals surface area contributed by atoms with Gasteiger partial charge in [0.2, 0.25) is 10.0 Å². The number of nitrogens with one attached hydrogen (secondary N) is 1. The molecule has 0 unspecified atom stereocenters. The maximum absolute atomic E-state index is 12.3. The molecule has 0 saturated heterocycles. The molecule has 1 saturated carbocycles. The lowest BCUT2D eigenvalue weighted by Crippen LogP contribution is -2.20. The molecule has 0 spiro atoms. The van der Waals surface area contributed by atoms with Gasteiger partial charge in [-0.2, -0.15) is 0 Å². The van der Waals surface area contributed by atoms with E-state index in [0.717, 1.165) is 25.7 Å². The molecule has 0 bridgehead atoms. The van der Waals surface area contributed by atoms with E-state index in [-0.39, 0.29) is 11.5 Å². The van der Waals surface area contributed by atoms with E-state index in [9.17, 15) is 13.2 Å². The topological polar surface area (TPSA) is 63.2 Å². The first-order chi connectivity index (χ1) is 11.0. The van der Waals surface area contributed by atoms with Crippen molar-refractivity contribution in [3.63, 3.8) is 0 Å². The Kier molecular flexibility index (Phi) is 6.63. The predicted molar refractivity (Wildman–Crippen MR) is 94.3 cm³/mol. The highest BCUT2D eigenvalue weighted by atomic mass is 32.2. The Labute approximate surface area is 139 Å². The summed E-state index contributed by atoms with van der Waals surface area (Å²) < 4.78 is 27.1. The summed E-state index contributed by atoms with van der Waals surface area (Å²) in [4.78, 5) is 11.9. The van der Waals surface area contributed by atoms with Crippen LogP contribution in [0.15, 0.2) is 24.3 Å². The summed E-state index contributed by atoms with van der Waals surface area (Å²) in [6, 6.07) is 6.79.